The standard InChI is InChI=1S/C21H32N4O5S/c1-21(2,3)30-20(27)23-12-13-24-18(14-23)15-25(19(24)26)17-9-7-16(8-10-17)6-5-11-22-31(4,28)29/h7-10,18,22H,5-6,11-15H2,1-4H3. The van der Waals surface area contributed by atoms with E-state index in [4.69, 9.17) is 4.74 Å². The van der Waals surface area contributed by atoms with Crippen molar-refractivity contribution in [1.29, 1.82) is 0 Å². The first-order chi connectivity index (χ1) is 14.4. The van der Waals surface area contributed by atoms with Crippen molar-refractivity contribution in [3.05, 3.63) is 29.8 Å². The predicted molar refractivity (Wildman–Crippen MR) is 119 cm³/mol. The van der Waals surface area contributed by atoms with E-state index in [2.05, 4.69) is 4.72 Å². The van der Waals surface area contributed by atoms with Gasteiger partial charge in [-0.2, -0.15) is 0 Å². The summed E-state index contributed by atoms with van der Waals surface area (Å²) in [6, 6.07) is 7.66. The first kappa shape index (κ1) is 23.3. The highest BCUT2D eigenvalue weighted by Crippen LogP contribution is 2.27. The van der Waals surface area contributed by atoms with Gasteiger partial charge in [-0.25, -0.2) is 22.7 Å². The summed E-state index contributed by atoms with van der Waals surface area (Å²) in [5, 5.41) is 0. The zero-order chi connectivity index (χ0) is 22.8. The Balaban J connectivity index is 1.56. The zero-order valence-corrected chi connectivity index (χ0v) is 19.4. The number of carbonyl (C=O) groups is 2. The van der Waals surface area contributed by atoms with Crippen molar-refractivity contribution >= 4 is 27.8 Å². The third-order valence-electron chi connectivity index (χ3n) is 5.26. The lowest BCUT2D eigenvalue weighted by Crippen LogP contribution is -2.54. The molecule has 2 aliphatic heterocycles. The number of anilines is 1. The maximum atomic E-state index is 12.9. The minimum atomic E-state index is -3.16. The van der Waals surface area contributed by atoms with Crippen LogP contribution >= 0.6 is 0 Å². The van der Waals surface area contributed by atoms with Gasteiger partial charge < -0.3 is 14.5 Å². The fourth-order valence-electron chi connectivity index (χ4n) is 3.81. The molecule has 0 saturated carbocycles. The molecular formula is C21H32N4O5S. The van der Waals surface area contributed by atoms with Crippen molar-refractivity contribution in [3.63, 3.8) is 0 Å². The lowest BCUT2D eigenvalue weighted by molar-refractivity contribution is 0.0128. The van der Waals surface area contributed by atoms with Gasteiger partial charge in [-0.3, -0.25) is 4.90 Å². The number of hydrogen-bond acceptors (Lipinski definition) is 5. The third-order valence-corrected chi connectivity index (χ3v) is 5.99. The van der Waals surface area contributed by atoms with Crippen LogP contribution in [0.1, 0.15) is 32.8 Å². The van der Waals surface area contributed by atoms with Crippen LogP contribution < -0.4 is 9.62 Å². The first-order valence-electron chi connectivity index (χ1n) is 10.5. The highest BCUT2D eigenvalue weighted by atomic mass is 32.2. The Bertz CT molecular complexity index is 911. The minimum absolute atomic E-state index is 0.0426. The van der Waals surface area contributed by atoms with Crippen LogP contribution in [0.25, 0.3) is 0 Å². The number of rotatable bonds is 6. The number of carbonyl (C=O) groups excluding carboxylic acids is 2. The Kier molecular flexibility index (Phi) is 6.80. The largest absolute Gasteiger partial charge is 0.444 e. The average molecular weight is 453 g/mol. The molecule has 0 bridgehead atoms. The molecule has 1 N–H and O–H groups in total. The lowest BCUT2D eigenvalue weighted by atomic mass is 10.1. The second-order valence-corrected chi connectivity index (χ2v) is 10.9. The summed E-state index contributed by atoms with van der Waals surface area (Å²) in [4.78, 5) is 30.5. The minimum Gasteiger partial charge on any atom is -0.444 e. The Morgan fingerprint density at radius 1 is 1.16 bits per heavy atom. The Labute approximate surface area is 184 Å². The second-order valence-electron chi connectivity index (χ2n) is 9.10. The summed E-state index contributed by atoms with van der Waals surface area (Å²) in [7, 11) is -3.16. The molecule has 1 unspecified atom stereocenters. The van der Waals surface area contributed by atoms with Crippen LogP contribution in [0.4, 0.5) is 15.3 Å². The monoisotopic (exact) mass is 452 g/mol. The number of nitrogens with one attached hydrogen (secondary N) is 1. The highest BCUT2D eigenvalue weighted by molar-refractivity contribution is 7.88. The van der Waals surface area contributed by atoms with Gasteiger partial charge in [-0.15, -0.1) is 0 Å². The highest BCUT2D eigenvalue weighted by Gasteiger charge is 2.42. The van der Waals surface area contributed by atoms with Gasteiger partial charge in [-0.05, 0) is 51.3 Å². The van der Waals surface area contributed by atoms with Gasteiger partial charge in [-0.1, -0.05) is 12.1 Å². The number of fused-ring (bicyclic) bond motifs is 1. The third kappa shape index (κ3) is 6.33. The summed E-state index contributed by atoms with van der Waals surface area (Å²) in [6.45, 7) is 7.86. The molecule has 2 heterocycles. The number of ether oxygens (including phenoxy) is 1. The maximum Gasteiger partial charge on any atom is 0.410 e. The Morgan fingerprint density at radius 3 is 2.45 bits per heavy atom. The number of nitrogens with zero attached hydrogens (tertiary/aromatic N) is 3. The lowest BCUT2D eigenvalue weighted by Gasteiger charge is -2.36. The molecule has 3 rings (SSSR count). The van der Waals surface area contributed by atoms with Crippen LogP contribution in [0.15, 0.2) is 24.3 Å². The van der Waals surface area contributed by atoms with E-state index < -0.39 is 15.6 Å². The van der Waals surface area contributed by atoms with E-state index in [-0.39, 0.29) is 18.2 Å². The number of amides is 3. The molecule has 0 spiro atoms. The van der Waals surface area contributed by atoms with Crippen molar-refractivity contribution in [3.8, 4) is 0 Å². The number of urea groups is 1. The zero-order valence-electron chi connectivity index (χ0n) is 18.6. The summed E-state index contributed by atoms with van der Waals surface area (Å²) in [5.41, 5.74) is 1.36. The number of sulfonamides is 1. The molecule has 1 aromatic rings. The van der Waals surface area contributed by atoms with Gasteiger partial charge >= 0.3 is 12.1 Å². The molecule has 10 heteroatoms. The Hall–Kier alpha value is -2.33. The quantitative estimate of drug-likeness (QED) is 0.666. The molecule has 3 amide bonds. The van der Waals surface area contributed by atoms with Gasteiger partial charge in [0.05, 0.1) is 12.3 Å². The predicted octanol–water partition coefficient (Wildman–Crippen LogP) is 2.03. The molecule has 31 heavy (non-hydrogen) atoms. The fraction of sp³-hybridized carbons (Fsp3) is 0.619. The van der Waals surface area contributed by atoms with Crippen molar-refractivity contribution in [2.45, 2.75) is 45.3 Å². The van der Waals surface area contributed by atoms with Crippen LogP contribution in [0.5, 0.6) is 0 Å². The number of piperazine rings is 1. The topological polar surface area (TPSA) is 99.3 Å². The van der Waals surface area contributed by atoms with Crippen molar-refractivity contribution in [2.75, 3.05) is 43.9 Å². The van der Waals surface area contributed by atoms with Gasteiger partial charge in [0.2, 0.25) is 10.0 Å². The molecule has 9 nitrogen and oxygen atoms in total. The van der Waals surface area contributed by atoms with Crippen LogP contribution in [-0.2, 0) is 21.2 Å². The van der Waals surface area contributed by atoms with E-state index in [1.807, 2.05) is 49.9 Å². The van der Waals surface area contributed by atoms with E-state index in [0.717, 1.165) is 23.9 Å². The number of aryl methyl sites for hydroxylation is 1. The van der Waals surface area contributed by atoms with E-state index in [1.54, 1.807) is 9.80 Å². The van der Waals surface area contributed by atoms with Crippen molar-refractivity contribution in [1.82, 2.24) is 14.5 Å². The first-order valence-corrected chi connectivity index (χ1v) is 12.4. The second kappa shape index (κ2) is 9.04. The van der Waals surface area contributed by atoms with Gasteiger partial charge in [0.1, 0.15) is 5.60 Å². The summed E-state index contributed by atoms with van der Waals surface area (Å²) >= 11 is 0. The van der Waals surface area contributed by atoms with E-state index >= 15 is 0 Å². The van der Waals surface area contributed by atoms with Gasteiger partial charge in [0, 0.05) is 38.4 Å². The molecule has 1 atom stereocenters. The van der Waals surface area contributed by atoms with Crippen LogP contribution in [0.2, 0.25) is 0 Å². The molecule has 2 saturated heterocycles. The van der Waals surface area contributed by atoms with Crippen molar-refractivity contribution < 1.29 is 22.7 Å². The average Bonchev–Trinajstić information content (AvgIpc) is 3.00. The molecule has 0 radical (unpaired) electrons. The van der Waals surface area contributed by atoms with Crippen LogP contribution in [0.3, 0.4) is 0 Å². The van der Waals surface area contributed by atoms with E-state index in [9.17, 15) is 18.0 Å². The maximum absolute atomic E-state index is 12.9. The SMILES string of the molecule is CC(C)(C)OC(=O)N1CCN2C(=O)N(c3ccc(CCCNS(C)(=O)=O)cc3)CC2C1. The van der Waals surface area contributed by atoms with Crippen molar-refractivity contribution in [2.24, 2.45) is 0 Å². The molecule has 2 fully saturated rings. The van der Waals surface area contributed by atoms with Gasteiger partial charge in [0.15, 0.2) is 0 Å². The van der Waals surface area contributed by atoms with E-state index in [1.165, 1.54) is 0 Å². The molecule has 0 aliphatic carbocycles. The summed E-state index contributed by atoms with van der Waals surface area (Å²) in [5.74, 6) is 0. The normalized spacial score (nSPS) is 19.5. The number of benzene rings is 1. The smallest absolute Gasteiger partial charge is 0.410 e. The summed E-state index contributed by atoms with van der Waals surface area (Å²) in [6.07, 6.45) is 2.25. The molecular weight excluding hydrogens is 420 g/mol. The van der Waals surface area contributed by atoms with Crippen LogP contribution in [-0.4, -0.2) is 81.0 Å². The molecule has 0 aromatic heterocycles. The Morgan fingerprint density at radius 2 is 1.84 bits per heavy atom. The van der Waals surface area contributed by atoms with Crippen LogP contribution in [0, 0.1) is 0 Å². The molecule has 2 aliphatic rings. The molecule has 1 aromatic carbocycles. The summed E-state index contributed by atoms with van der Waals surface area (Å²) < 4.78 is 30.2. The van der Waals surface area contributed by atoms with Gasteiger partial charge in [0.25, 0.3) is 0 Å². The number of hydrogen-bond donors (Lipinski definition) is 1. The molecule has 172 valence electrons. The fourth-order valence-corrected chi connectivity index (χ4v) is 4.32. The van der Waals surface area contributed by atoms with E-state index in [0.29, 0.717) is 39.1 Å².